The zero-order chi connectivity index (χ0) is 22.2. The molecule has 3 aromatic carbocycles. The second-order valence-corrected chi connectivity index (χ2v) is 8.16. The van der Waals surface area contributed by atoms with Crippen molar-refractivity contribution in [3.05, 3.63) is 88.6 Å². The lowest BCUT2D eigenvalue weighted by molar-refractivity contribution is 0.0783. The number of rotatable bonds is 5. The molecule has 31 heavy (non-hydrogen) atoms. The fraction of sp³-hybridized carbons (Fsp3) is 0.160. The number of hydrogen-bond donors (Lipinski definition) is 2. The topological polar surface area (TPSA) is 71.7 Å². The molecule has 158 valence electrons. The summed E-state index contributed by atoms with van der Waals surface area (Å²) in [5.41, 5.74) is 0.785. The van der Waals surface area contributed by atoms with Crippen molar-refractivity contribution in [2.24, 2.45) is 0 Å². The van der Waals surface area contributed by atoms with Gasteiger partial charge in [-0.2, -0.15) is 0 Å². The molecular weight excluding hydrogens is 414 g/mol. The number of amides is 1. The average molecular weight is 436 g/mol. The van der Waals surface area contributed by atoms with Crippen LogP contribution in [0.5, 0.6) is 11.5 Å². The molecule has 4 aromatic rings. The molecular formula is C25H22ClNO4. The molecule has 0 radical (unpaired) electrons. The van der Waals surface area contributed by atoms with E-state index in [2.05, 4.69) is 5.32 Å². The minimum absolute atomic E-state index is 0.219. The number of nitrogens with one attached hydrogen (secondary N) is 1. The zero-order valence-corrected chi connectivity index (χ0v) is 18.2. The molecule has 0 aliphatic rings. The van der Waals surface area contributed by atoms with E-state index in [1.165, 1.54) is 0 Å². The Balaban J connectivity index is 1.72. The molecule has 0 aliphatic heterocycles. The summed E-state index contributed by atoms with van der Waals surface area (Å²) in [4.78, 5) is 13.2. The molecule has 0 atom stereocenters. The van der Waals surface area contributed by atoms with Crippen LogP contribution in [0.25, 0.3) is 11.0 Å². The van der Waals surface area contributed by atoms with Gasteiger partial charge in [0.25, 0.3) is 5.91 Å². The summed E-state index contributed by atoms with van der Waals surface area (Å²) in [7, 11) is 0. The van der Waals surface area contributed by atoms with E-state index in [4.69, 9.17) is 20.8 Å². The third kappa shape index (κ3) is 4.15. The fourth-order valence-electron chi connectivity index (χ4n) is 3.71. The van der Waals surface area contributed by atoms with Gasteiger partial charge in [-0.3, -0.25) is 4.79 Å². The number of benzene rings is 3. The molecule has 4 rings (SSSR count). The van der Waals surface area contributed by atoms with Gasteiger partial charge in [0.05, 0.1) is 16.3 Å². The molecule has 1 amide bonds. The van der Waals surface area contributed by atoms with Crippen LogP contribution in [0, 0.1) is 6.92 Å². The van der Waals surface area contributed by atoms with Crippen molar-refractivity contribution in [3.63, 3.8) is 0 Å². The van der Waals surface area contributed by atoms with Crippen molar-refractivity contribution in [2.45, 2.75) is 26.4 Å². The number of para-hydroxylation sites is 2. The summed E-state index contributed by atoms with van der Waals surface area (Å²) in [6.45, 7) is 5.19. The predicted molar refractivity (Wildman–Crippen MR) is 122 cm³/mol. The molecule has 2 N–H and O–H groups in total. The first-order valence-electron chi connectivity index (χ1n) is 9.83. The SMILES string of the molecule is Cc1oc2c(NC(=O)c3c(Cl)cccc3Oc3ccccc3)cccc2c1C(C)(C)O. The van der Waals surface area contributed by atoms with Gasteiger partial charge < -0.3 is 19.6 Å². The minimum atomic E-state index is -1.09. The van der Waals surface area contributed by atoms with Crippen molar-refractivity contribution >= 4 is 34.2 Å². The van der Waals surface area contributed by atoms with Gasteiger partial charge in [0.2, 0.25) is 0 Å². The predicted octanol–water partition coefficient (Wildman–Crippen LogP) is 6.67. The highest BCUT2D eigenvalue weighted by Gasteiger charge is 2.27. The van der Waals surface area contributed by atoms with E-state index in [9.17, 15) is 9.90 Å². The number of carbonyl (C=O) groups is 1. The van der Waals surface area contributed by atoms with Crippen LogP contribution < -0.4 is 10.1 Å². The van der Waals surface area contributed by atoms with E-state index < -0.39 is 11.5 Å². The van der Waals surface area contributed by atoms with Gasteiger partial charge in [0, 0.05) is 10.9 Å². The molecule has 0 bridgehead atoms. The second kappa shape index (κ2) is 8.10. The number of carbonyl (C=O) groups excluding carboxylic acids is 1. The maximum absolute atomic E-state index is 13.2. The van der Waals surface area contributed by atoms with Crippen LogP contribution in [-0.2, 0) is 5.60 Å². The van der Waals surface area contributed by atoms with Crippen LogP contribution in [-0.4, -0.2) is 11.0 Å². The third-order valence-electron chi connectivity index (χ3n) is 4.93. The number of fused-ring (bicyclic) bond motifs is 1. The first kappa shape index (κ1) is 21.0. The molecule has 0 saturated carbocycles. The van der Waals surface area contributed by atoms with Crippen LogP contribution in [0.1, 0.15) is 35.5 Å². The summed E-state index contributed by atoms with van der Waals surface area (Å²) < 4.78 is 11.8. The van der Waals surface area contributed by atoms with Crippen LogP contribution in [0.15, 0.2) is 71.1 Å². The Morgan fingerprint density at radius 3 is 2.45 bits per heavy atom. The first-order valence-corrected chi connectivity index (χ1v) is 10.2. The molecule has 5 nitrogen and oxygen atoms in total. The van der Waals surface area contributed by atoms with Gasteiger partial charge >= 0.3 is 0 Å². The Morgan fingerprint density at radius 1 is 1.03 bits per heavy atom. The summed E-state index contributed by atoms with van der Waals surface area (Å²) in [5, 5.41) is 14.4. The number of halogens is 1. The zero-order valence-electron chi connectivity index (χ0n) is 17.4. The van der Waals surface area contributed by atoms with Crippen LogP contribution in [0.3, 0.4) is 0 Å². The average Bonchev–Trinajstić information content (AvgIpc) is 3.06. The summed E-state index contributed by atoms with van der Waals surface area (Å²) in [5.74, 6) is 1.10. The summed E-state index contributed by atoms with van der Waals surface area (Å²) in [6, 6.07) is 19.6. The Hall–Kier alpha value is -3.28. The smallest absolute Gasteiger partial charge is 0.261 e. The molecule has 6 heteroatoms. The monoisotopic (exact) mass is 435 g/mol. The lowest BCUT2D eigenvalue weighted by atomic mass is 9.95. The Morgan fingerprint density at radius 2 is 1.74 bits per heavy atom. The molecule has 0 spiro atoms. The number of anilines is 1. The molecule has 1 heterocycles. The normalized spacial score (nSPS) is 11.5. The highest BCUT2D eigenvalue weighted by Crippen LogP contribution is 2.38. The molecule has 0 fully saturated rings. The van der Waals surface area contributed by atoms with Crippen molar-refractivity contribution in [1.29, 1.82) is 0 Å². The van der Waals surface area contributed by atoms with E-state index in [1.54, 1.807) is 63.2 Å². The lowest BCUT2D eigenvalue weighted by Gasteiger charge is -2.17. The third-order valence-corrected chi connectivity index (χ3v) is 5.24. The summed E-state index contributed by atoms with van der Waals surface area (Å²) in [6.07, 6.45) is 0. The molecule has 0 unspecified atom stereocenters. The number of aryl methyl sites for hydroxylation is 1. The van der Waals surface area contributed by atoms with E-state index in [1.807, 2.05) is 24.3 Å². The van der Waals surface area contributed by atoms with Gasteiger partial charge in [-0.25, -0.2) is 0 Å². The largest absolute Gasteiger partial charge is 0.459 e. The Bertz CT molecular complexity index is 1260. The second-order valence-electron chi connectivity index (χ2n) is 7.76. The van der Waals surface area contributed by atoms with Gasteiger partial charge in [-0.05, 0) is 51.1 Å². The number of hydrogen-bond acceptors (Lipinski definition) is 4. The van der Waals surface area contributed by atoms with Crippen molar-refractivity contribution in [3.8, 4) is 11.5 Å². The molecule has 0 aliphatic carbocycles. The van der Waals surface area contributed by atoms with Gasteiger partial charge in [-0.15, -0.1) is 0 Å². The molecule has 0 saturated heterocycles. The van der Waals surface area contributed by atoms with Gasteiger partial charge in [0.15, 0.2) is 5.58 Å². The Kier molecular flexibility index (Phi) is 5.48. The maximum atomic E-state index is 13.2. The number of ether oxygens (including phenoxy) is 1. The number of furan rings is 1. The van der Waals surface area contributed by atoms with Crippen LogP contribution >= 0.6 is 11.6 Å². The van der Waals surface area contributed by atoms with Gasteiger partial charge in [-0.1, -0.05) is 48.0 Å². The standard InChI is InChI=1S/C25H22ClNO4/c1-15-22(25(2,3)29)17-11-7-13-19(23(17)30-15)27-24(28)21-18(26)12-8-14-20(21)31-16-9-5-4-6-10-16/h4-14,29H,1-3H3,(H,27,28). The maximum Gasteiger partial charge on any atom is 0.261 e. The lowest BCUT2D eigenvalue weighted by Crippen LogP contribution is -2.16. The van der Waals surface area contributed by atoms with E-state index >= 15 is 0 Å². The first-order chi connectivity index (χ1) is 14.8. The minimum Gasteiger partial charge on any atom is -0.459 e. The van der Waals surface area contributed by atoms with Crippen molar-refractivity contribution < 1.29 is 19.1 Å². The van der Waals surface area contributed by atoms with Crippen molar-refractivity contribution in [2.75, 3.05) is 5.32 Å². The van der Waals surface area contributed by atoms with E-state index in [-0.39, 0.29) is 10.6 Å². The summed E-state index contributed by atoms with van der Waals surface area (Å²) >= 11 is 6.37. The fourth-order valence-corrected chi connectivity index (χ4v) is 3.96. The van der Waals surface area contributed by atoms with Gasteiger partial charge in [0.1, 0.15) is 22.8 Å². The Labute approximate surface area is 185 Å². The number of aliphatic hydroxyl groups is 1. The highest BCUT2D eigenvalue weighted by molar-refractivity contribution is 6.35. The molecule has 1 aromatic heterocycles. The highest BCUT2D eigenvalue weighted by atomic mass is 35.5. The van der Waals surface area contributed by atoms with Crippen LogP contribution in [0.2, 0.25) is 5.02 Å². The van der Waals surface area contributed by atoms with Crippen molar-refractivity contribution in [1.82, 2.24) is 0 Å². The van der Waals surface area contributed by atoms with E-state index in [0.717, 1.165) is 5.39 Å². The quantitative estimate of drug-likeness (QED) is 0.367. The van der Waals surface area contributed by atoms with E-state index in [0.29, 0.717) is 34.1 Å². The van der Waals surface area contributed by atoms with Crippen LogP contribution in [0.4, 0.5) is 5.69 Å².